The number of benzene rings is 1. The lowest BCUT2D eigenvalue weighted by atomic mass is 9.99. The summed E-state index contributed by atoms with van der Waals surface area (Å²) < 4.78 is 5.37. The smallest absolute Gasteiger partial charge is 0.0594 e. The maximum Gasteiger partial charge on any atom is 0.0594 e. The van der Waals surface area contributed by atoms with Crippen molar-refractivity contribution in [3.63, 3.8) is 0 Å². The lowest BCUT2D eigenvalue weighted by Crippen LogP contribution is -2.37. The zero-order valence-corrected chi connectivity index (χ0v) is 13.8. The van der Waals surface area contributed by atoms with E-state index in [1.807, 2.05) is 0 Å². The highest BCUT2D eigenvalue weighted by molar-refractivity contribution is 5.26. The molecule has 1 aliphatic rings. The minimum absolute atomic E-state index is 0.427. The van der Waals surface area contributed by atoms with Crippen LogP contribution < -0.4 is 5.32 Å². The van der Waals surface area contributed by atoms with Crippen molar-refractivity contribution in [2.75, 3.05) is 39.4 Å². The molecule has 1 saturated heterocycles. The summed E-state index contributed by atoms with van der Waals surface area (Å²) in [5.41, 5.74) is 2.80. The van der Waals surface area contributed by atoms with Crippen molar-refractivity contribution in [1.82, 2.24) is 10.2 Å². The molecule has 0 bridgehead atoms. The Labute approximate surface area is 129 Å². The quantitative estimate of drug-likeness (QED) is 0.781. The Hall–Kier alpha value is -0.900. The summed E-state index contributed by atoms with van der Waals surface area (Å²) >= 11 is 0. The molecule has 21 heavy (non-hydrogen) atoms. The molecule has 1 fully saturated rings. The first-order valence-electron chi connectivity index (χ1n) is 8.30. The summed E-state index contributed by atoms with van der Waals surface area (Å²) in [4.78, 5) is 2.49. The van der Waals surface area contributed by atoms with E-state index in [0.717, 1.165) is 32.8 Å². The summed E-state index contributed by atoms with van der Waals surface area (Å²) in [7, 11) is 0. The Morgan fingerprint density at radius 2 is 1.67 bits per heavy atom. The molecule has 1 atom stereocenters. The average molecular weight is 290 g/mol. The van der Waals surface area contributed by atoms with Crippen molar-refractivity contribution in [2.45, 2.75) is 39.2 Å². The van der Waals surface area contributed by atoms with Gasteiger partial charge in [0.15, 0.2) is 0 Å². The molecule has 1 N–H and O–H groups in total. The molecule has 0 aromatic heterocycles. The minimum Gasteiger partial charge on any atom is -0.379 e. The molecule has 2 rings (SSSR count). The van der Waals surface area contributed by atoms with Gasteiger partial charge < -0.3 is 10.1 Å². The van der Waals surface area contributed by atoms with Crippen LogP contribution in [0.4, 0.5) is 0 Å². The molecule has 0 amide bonds. The number of hydrogen-bond donors (Lipinski definition) is 1. The van der Waals surface area contributed by atoms with Crippen molar-refractivity contribution in [2.24, 2.45) is 0 Å². The minimum atomic E-state index is 0.427. The number of morpholine rings is 1. The monoisotopic (exact) mass is 290 g/mol. The molecule has 1 unspecified atom stereocenters. The summed E-state index contributed by atoms with van der Waals surface area (Å²) in [6, 6.07) is 9.46. The molecule has 3 nitrogen and oxygen atoms in total. The van der Waals surface area contributed by atoms with Gasteiger partial charge in [-0.1, -0.05) is 38.1 Å². The van der Waals surface area contributed by atoms with Gasteiger partial charge >= 0.3 is 0 Å². The molecule has 0 aliphatic carbocycles. The first-order chi connectivity index (χ1) is 10.2. The molecule has 1 aromatic rings. The lowest BCUT2D eigenvalue weighted by molar-refractivity contribution is 0.0374. The lowest BCUT2D eigenvalue weighted by Gasteiger charge is -2.26. The highest BCUT2D eigenvalue weighted by Gasteiger charge is 2.10. The first-order valence-corrected chi connectivity index (χ1v) is 8.30. The van der Waals surface area contributed by atoms with Crippen molar-refractivity contribution in [3.05, 3.63) is 35.4 Å². The molecule has 1 aliphatic heterocycles. The van der Waals surface area contributed by atoms with E-state index in [-0.39, 0.29) is 0 Å². The largest absolute Gasteiger partial charge is 0.379 e. The van der Waals surface area contributed by atoms with E-state index in [2.05, 4.69) is 55.3 Å². The third kappa shape index (κ3) is 5.42. The number of nitrogens with one attached hydrogen (secondary N) is 1. The maximum absolute atomic E-state index is 5.37. The van der Waals surface area contributed by atoms with Gasteiger partial charge in [-0.3, -0.25) is 4.90 Å². The van der Waals surface area contributed by atoms with Crippen LogP contribution >= 0.6 is 0 Å². The molecule has 0 saturated carbocycles. The van der Waals surface area contributed by atoms with Gasteiger partial charge in [0.1, 0.15) is 0 Å². The molecule has 1 aromatic carbocycles. The second-order valence-corrected chi connectivity index (χ2v) is 6.30. The predicted octanol–water partition coefficient (Wildman–Crippen LogP) is 3.18. The Bertz CT molecular complexity index is 396. The second kappa shape index (κ2) is 8.52. The summed E-state index contributed by atoms with van der Waals surface area (Å²) in [5, 5.41) is 3.63. The van der Waals surface area contributed by atoms with Gasteiger partial charge in [0.25, 0.3) is 0 Å². The predicted molar refractivity (Wildman–Crippen MR) is 88.8 cm³/mol. The van der Waals surface area contributed by atoms with E-state index in [0.29, 0.717) is 12.0 Å². The molecule has 1 heterocycles. The second-order valence-electron chi connectivity index (χ2n) is 6.30. The van der Waals surface area contributed by atoms with E-state index in [4.69, 9.17) is 4.74 Å². The number of ether oxygens (including phenoxy) is 1. The summed E-state index contributed by atoms with van der Waals surface area (Å²) in [6.45, 7) is 12.9. The van der Waals surface area contributed by atoms with E-state index in [9.17, 15) is 0 Å². The Morgan fingerprint density at radius 3 is 2.29 bits per heavy atom. The number of rotatable bonds is 7. The van der Waals surface area contributed by atoms with Crippen LogP contribution in [0.15, 0.2) is 24.3 Å². The third-order valence-electron chi connectivity index (χ3n) is 4.31. The normalized spacial score (nSPS) is 18.1. The van der Waals surface area contributed by atoms with Gasteiger partial charge in [-0.05, 0) is 43.5 Å². The molecule has 3 heteroatoms. The molecule has 0 radical (unpaired) electrons. The van der Waals surface area contributed by atoms with Crippen molar-refractivity contribution < 1.29 is 4.74 Å². The Kier molecular flexibility index (Phi) is 6.68. The van der Waals surface area contributed by atoms with Crippen molar-refractivity contribution in [1.29, 1.82) is 0 Å². The first kappa shape index (κ1) is 16.5. The van der Waals surface area contributed by atoms with E-state index in [1.54, 1.807) is 0 Å². The molecular formula is C18H30N2O. The standard InChI is InChI=1S/C18H30N2O/c1-15(2)17-5-7-18(8-6-17)16(3)19-9-4-10-20-11-13-21-14-12-20/h5-8,15-16,19H,4,9-14H2,1-3H3. The Morgan fingerprint density at radius 1 is 1.05 bits per heavy atom. The van der Waals surface area contributed by atoms with E-state index in [1.165, 1.54) is 24.1 Å². The SMILES string of the molecule is CC(C)c1ccc(C(C)NCCCN2CCOCC2)cc1. The van der Waals surface area contributed by atoms with Gasteiger partial charge in [-0.15, -0.1) is 0 Å². The van der Waals surface area contributed by atoms with Gasteiger partial charge in [0.2, 0.25) is 0 Å². The molecule has 118 valence electrons. The van der Waals surface area contributed by atoms with Crippen LogP contribution in [-0.2, 0) is 4.74 Å². The van der Waals surface area contributed by atoms with Gasteiger partial charge in [-0.25, -0.2) is 0 Å². The van der Waals surface area contributed by atoms with Crippen LogP contribution in [-0.4, -0.2) is 44.3 Å². The fraction of sp³-hybridized carbons (Fsp3) is 0.667. The highest BCUT2D eigenvalue weighted by Crippen LogP contribution is 2.18. The van der Waals surface area contributed by atoms with Crippen LogP contribution in [0.5, 0.6) is 0 Å². The zero-order chi connectivity index (χ0) is 15.1. The zero-order valence-electron chi connectivity index (χ0n) is 13.8. The number of hydrogen-bond acceptors (Lipinski definition) is 3. The van der Waals surface area contributed by atoms with Crippen molar-refractivity contribution in [3.8, 4) is 0 Å². The van der Waals surface area contributed by atoms with Gasteiger partial charge in [-0.2, -0.15) is 0 Å². The third-order valence-corrected chi connectivity index (χ3v) is 4.31. The molecule has 0 spiro atoms. The van der Waals surface area contributed by atoms with Crippen LogP contribution in [0.1, 0.15) is 50.3 Å². The van der Waals surface area contributed by atoms with E-state index < -0.39 is 0 Å². The van der Waals surface area contributed by atoms with Crippen LogP contribution in [0.25, 0.3) is 0 Å². The fourth-order valence-electron chi connectivity index (χ4n) is 2.73. The average Bonchev–Trinajstić information content (AvgIpc) is 2.52. The molecular weight excluding hydrogens is 260 g/mol. The summed E-state index contributed by atoms with van der Waals surface area (Å²) in [6.07, 6.45) is 1.20. The Balaban J connectivity index is 1.67. The van der Waals surface area contributed by atoms with Gasteiger partial charge in [0, 0.05) is 19.1 Å². The van der Waals surface area contributed by atoms with E-state index >= 15 is 0 Å². The maximum atomic E-state index is 5.37. The highest BCUT2D eigenvalue weighted by atomic mass is 16.5. The summed E-state index contributed by atoms with van der Waals surface area (Å²) in [5.74, 6) is 0.607. The van der Waals surface area contributed by atoms with Crippen LogP contribution in [0, 0.1) is 0 Å². The van der Waals surface area contributed by atoms with Crippen LogP contribution in [0.2, 0.25) is 0 Å². The number of nitrogens with zero attached hydrogens (tertiary/aromatic N) is 1. The van der Waals surface area contributed by atoms with Crippen molar-refractivity contribution >= 4 is 0 Å². The fourth-order valence-corrected chi connectivity index (χ4v) is 2.73. The van der Waals surface area contributed by atoms with Crippen LogP contribution in [0.3, 0.4) is 0 Å². The topological polar surface area (TPSA) is 24.5 Å². The van der Waals surface area contributed by atoms with Gasteiger partial charge in [0.05, 0.1) is 13.2 Å².